The number of amides is 1. The van der Waals surface area contributed by atoms with Crippen LogP contribution in [0.15, 0.2) is 35.2 Å². The van der Waals surface area contributed by atoms with Crippen molar-refractivity contribution in [3.63, 3.8) is 0 Å². The Hall–Kier alpha value is -1.45. The van der Waals surface area contributed by atoms with Gasteiger partial charge in [-0.2, -0.15) is 4.31 Å². The molecule has 3 heterocycles. The number of halogens is 1. The number of anilines is 1. The van der Waals surface area contributed by atoms with Crippen LogP contribution in [0.4, 0.5) is 5.69 Å². The van der Waals surface area contributed by atoms with Crippen molar-refractivity contribution in [3.8, 4) is 0 Å². The Bertz CT molecular complexity index is 1030. The third kappa shape index (κ3) is 4.57. The predicted molar refractivity (Wildman–Crippen MR) is 121 cm³/mol. The fourth-order valence-corrected chi connectivity index (χ4v) is 6.88. The normalized spacial score (nSPS) is 17.5. The first kappa shape index (κ1) is 21.8. The summed E-state index contributed by atoms with van der Waals surface area (Å²) in [5, 5.41) is 0. The molecule has 0 saturated carbocycles. The van der Waals surface area contributed by atoms with Crippen LogP contribution in [-0.4, -0.2) is 56.8 Å². The molecule has 1 fully saturated rings. The van der Waals surface area contributed by atoms with Crippen LogP contribution in [0.3, 0.4) is 0 Å². The molecule has 1 aromatic heterocycles. The van der Waals surface area contributed by atoms with Crippen molar-refractivity contribution in [2.75, 3.05) is 38.1 Å². The average molecular weight is 468 g/mol. The Kier molecular flexibility index (Phi) is 6.50. The van der Waals surface area contributed by atoms with Crippen LogP contribution >= 0.6 is 22.9 Å². The van der Waals surface area contributed by atoms with Gasteiger partial charge in [0.15, 0.2) is 0 Å². The van der Waals surface area contributed by atoms with E-state index in [0.717, 1.165) is 46.1 Å². The Balaban J connectivity index is 1.48. The van der Waals surface area contributed by atoms with Crippen molar-refractivity contribution in [1.29, 1.82) is 0 Å². The molecule has 1 saturated heterocycles. The number of hydrogen-bond acceptors (Lipinski definition) is 5. The van der Waals surface area contributed by atoms with Crippen molar-refractivity contribution in [3.05, 3.63) is 45.1 Å². The van der Waals surface area contributed by atoms with E-state index < -0.39 is 10.0 Å². The first-order chi connectivity index (χ1) is 14.3. The summed E-state index contributed by atoms with van der Waals surface area (Å²) in [5.41, 5.74) is 1.77. The highest BCUT2D eigenvalue weighted by Gasteiger charge is 2.30. The number of likely N-dealkylation sites (N-methyl/N-ethyl adjacent to an activating group) is 1. The largest absolute Gasteiger partial charge is 0.311 e. The van der Waals surface area contributed by atoms with Crippen LogP contribution in [-0.2, 0) is 27.8 Å². The fourth-order valence-electron chi connectivity index (χ4n) is 4.15. The Labute approximate surface area is 187 Å². The van der Waals surface area contributed by atoms with E-state index in [0.29, 0.717) is 37.6 Å². The fraction of sp³-hybridized carbons (Fsp3) is 0.476. The van der Waals surface area contributed by atoms with Gasteiger partial charge in [0, 0.05) is 36.7 Å². The first-order valence-corrected chi connectivity index (χ1v) is 12.8. The monoisotopic (exact) mass is 467 g/mol. The highest BCUT2D eigenvalue weighted by Crippen LogP contribution is 2.31. The molecule has 0 unspecified atom stereocenters. The third-order valence-electron chi connectivity index (χ3n) is 5.63. The van der Waals surface area contributed by atoms with Gasteiger partial charge in [-0.25, -0.2) is 8.42 Å². The van der Waals surface area contributed by atoms with E-state index >= 15 is 0 Å². The van der Waals surface area contributed by atoms with Gasteiger partial charge >= 0.3 is 0 Å². The molecule has 1 amide bonds. The zero-order valence-electron chi connectivity index (χ0n) is 17.0. The number of benzene rings is 1. The van der Waals surface area contributed by atoms with Crippen molar-refractivity contribution < 1.29 is 13.2 Å². The topological polar surface area (TPSA) is 60.9 Å². The van der Waals surface area contributed by atoms with Gasteiger partial charge in [0.2, 0.25) is 15.9 Å². The zero-order valence-corrected chi connectivity index (χ0v) is 19.4. The number of rotatable bonds is 6. The average Bonchev–Trinajstić information content (AvgIpc) is 3.39. The lowest BCUT2D eigenvalue weighted by molar-refractivity contribution is -0.119. The standard InChI is InChI=1S/C21H26ClN3O3S2/c1-23(14-17-6-9-20(22)29-17)15-21(26)25-12-4-5-16-13-18(7-8-19(16)25)30(27,28)24-10-2-3-11-24/h6-9,13H,2-5,10-12,14-15H2,1H3. The molecular formula is C21H26ClN3O3S2. The summed E-state index contributed by atoms with van der Waals surface area (Å²) in [4.78, 5) is 18.2. The molecule has 0 bridgehead atoms. The predicted octanol–water partition coefficient (Wildman–Crippen LogP) is 3.60. The number of carbonyl (C=O) groups excluding carboxylic acids is 1. The second-order valence-electron chi connectivity index (χ2n) is 7.93. The Morgan fingerprint density at radius 3 is 2.60 bits per heavy atom. The SMILES string of the molecule is CN(CC(=O)N1CCCc2cc(S(=O)(=O)N3CCCC3)ccc21)Cc1ccc(Cl)s1. The maximum Gasteiger partial charge on any atom is 0.243 e. The molecule has 4 rings (SSSR count). The number of fused-ring (bicyclic) bond motifs is 1. The van der Waals surface area contributed by atoms with Crippen LogP contribution in [0.25, 0.3) is 0 Å². The van der Waals surface area contributed by atoms with E-state index in [9.17, 15) is 13.2 Å². The van der Waals surface area contributed by atoms with E-state index in [-0.39, 0.29) is 5.91 Å². The van der Waals surface area contributed by atoms with Crippen LogP contribution in [0.1, 0.15) is 29.7 Å². The second-order valence-corrected chi connectivity index (χ2v) is 11.7. The minimum atomic E-state index is -3.45. The number of thiophene rings is 1. The second kappa shape index (κ2) is 8.96. The summed E-state index contributed by atoms with van der Waals surface area (Å²) >= 11 is 7.51. The molecule has 2 aliphatic rings. The van der Waals surface area contributed by atoms with E-state index in [1.807, 2.05) is 24.1 Å². The van der Waals surface area contributed by atoms with Crippen molar-refractivity contribution in [2.45, 2.75) is 37.1 Å². The van der Waals surface area contributed by atoms with E-state index in [4.69, 9.17) is 11.6 Å². The van der Waals surface area contributed by atoms with Gasteiger partial charge in [0.1, 0.15) is 0 Å². The number of aryl methyl sites for hydroxylation is 1. The summed E-state index contributed by atoms with van der Waals surface area (Å²) in [6, 6.07) is 9.06. The van der Waals surface area contributed by atoms with Crippen molar-refractivity contribution in [2.24, 2.45) is 0 Å². The molecule has 0 spiro atoms. The van der Waals surface area contributed by atoms with E-state index in [2.05, 4.69) is 0 Å². The summed E-state index contributed by atoms with van der Waals surface area (Å²) in [6.45, 7) is 2.79. The summed E-state index contributed by atoms with van der Waals surface area (Å²) < 4.78 is 28.1. The number of carbonyl (C=O) groups is 1. The number of hydrogen-bond donors (Lipinski definition) is 0. The lowest BCUT2D eigenvalue weighted by atomic mass is 10.0. The van der Waals surface area contributed by atoms with Gasteiger partial charge in [0.05, 0.1) is 15.8 Å². The van der Waals surface area contributed by atoms with Crippen LogP contribution in [0.5, 0.6) is 0 Å². The smallest absolute Gasteiger partial charge is 0.243 e. The van der Waals surface area contributed by atoms with Crippen LogP contribution in [0, 0.1) is 0 Å². The molecule has 0 aliphatic carbocycles. The summed E-state index contributed by atoms with van der Waals surface area (Å²) in [6.07, 6.45) is 3.44. The molecule has 0 N–H and O–H groups in total. The first-order valence-electron chi connectivity index (χ1n) is 10.2. The molecule has 2 aromatic rings. The van der Waals surface area contributed by atoms with Crippen molar-refractivity contribution in [1.82, 2.24) is 9.21 Å². The Morgan fingerprint density at radius 2 is 1.90 bits per heavy atom. The zero-order chi connectivity index (χ0) is 21.3. The van der Waals surface area contributed by atoms with E-state index in [1.54, 1.807) is 27.4 Å². The van der Waals surface area contributed by atoms with Gasteiger partial charge in [0.25, 0.3) is 0 Å². The molecule has 1 aromatic carbocycles. The maximum atomic E-state index is 13.0. The quantitative estimate of drug-likeness (QED) is 0.651. The molecule has 30 heavy (non-hydrogen) atoms. The highest BCUT2D eigenvalue weighted by molar-refractivity contribution is 7.89. The number of sulfonamides is 1. The molecule has 6 nitrogen and oxygen atoms in total. The molecule has 9 heteroatoms. The number of nitrogens with zero attached hydrogens (tertiary/aromatic N) is 3. The summed E-state index contributed by atoms with van der Waals surface area (Å²) in [5.74, 6) is 0.0243. The van der Waals surface area contributed by atoms with Crippen molar-refractivity contribution >= 4 is 44.6 Å². The van der Waals surface area contributed by atoms with Gasteiger partial charge in [-0.1, -0.05) is 11.6 Å². The lowest BCUT2D eigenvalue weighted by Gasteiger charge is -2.31. The molecule has 2 aliphatic heterocycles. The van der Waals surface area contributed by atoms with Crippen LogP contribution < -0.4 is 4.90 Å². The molecular weight excluding hydrogens is 442 g/mol. The van der Waals surface area contributed by atoms with Gasteiger partial charge < -0.3 is 4.90 Å². The van der Waals surface area contributed by atoms with Gasteiger partial charge in [-0.3, -0.25) is 9.69 Å². The molecule has 0 radical (unpaired) electrons. The van der Waals surface area contributed by atoms with Gasteiger partial charge in [-0.05, 0) is 68.6 Å². The minimum absolute atomic E-state index is 0.0243. The third-order valence-corrected chi connectivity index (χ3v) is 8.74. The van der Waals surface area contributed by atoms with E-state index in [1.165, 1.54) is 11.3 Å². The lowest BCUT2D eigenvalue weighted by Crippen LogP contribution is -2.41. The summed E-state index contributed by atoms with van der Waals surface area (Å²) in [7, 11) is -1.53. The highest BCUT2D eigenvalue weighted by atomic mass is 35.5. The minimum Gasteiger partial charge on any atom is -0.311 e. The molecule has 162 valence electrons. The maximum absolute atomic E-state index is 13.0. The molecule has 0 atom stereocenters. The van der Waals surface area contributed by atoms with Gasteiger partial charge in [-0.15, -0.1) is 11.3 Å². The van der Waals surface area contributed by atoms with Crippen LogP contribution in [0.2, 0.25) is 4.34 Å². The Morgan fingerprint density at radius 1 is 1.13 bits per heavy atom.